The standard InChI is InChI=1S/C7H5N2.K/c8-4-3-7-2-1-5-9-6-7;/h1-3,5-6H;/q-1;+1/i3D;. The van der Waals surface area contributed by atoms with Crippen molar-refractivity contribution < 1.29 is 52.8 Å². The molecule has 0 unspecified atom stereocenters. The summed E-state index contributed by atoms with van der Waals surface area (Å²) in [6, 6.07) is 5.10. The third-order valence-corrected chi connectivity index (χ3v) is 0.862. The summed E-state index contributed by atoms with van der Waals surface area (Å²) in [6.07, 6.45) is 3.05. The van der Waals surface area contributed by atoms with Crippen LogP contribution in [0.15, 0.2) is 24.5 Å². The minimum absolute atomic E-state index is 0. The number of hydrogen-bond donors (Lipinski definition) is 0. The number of rotatable bonds is 1. The zero-order valence-electron chi connectivity index (χ0n) is 6.70. The topological polar surface area (TPSA) is 36.7 Å². The predicted molar refractivity (Wildman–Crippen MR) is 33.3 cm³/mol. The summed E-state index contributed by atoms with van der Waals surface area (Å²) in [5.74, 6) is 0. The van der Waals surface area contributed by atoms with Gasteiger partial charge >= 0.3 is 51.4 Å². The molecule has 0 aliphatic carbocycles. The molecule has 0 saturated heterocycles. The second kappa shape index (κ2) is 5.90. The molecule has 0 aliphatic rings. The third-order valence-electron chi connectivity index (χ3n) is 0.862. The summed E-state index contributed by atoms with van der Waals surface area (Å²) >= 11 is 0. The van der Waals surface area contributed by atoms with Crippen molar-refractivity contribution in [2.75, 3.05) is 0 Å². The van der Waals surface area contributed by atoms with E-state index in [1.54, 1.807) is 24.4 Å². The van der Waals surface area contributed by atoms with Crippen molar-refractivity contribution in [2.24, 2.45) is 0 Å². The first kappa shape index (κ1) is 8.24. The fourth-order valence-corrected chi connectivity index (χ4v) is 0.501. The SMILES string of the molecule is [2H][C-](C#N)c1cccnc1.[K+]. The average molecular weight is 157 g/mol. The maximum absolute atomic E-state index is 8.29. The van der Waals surface area contributed by atoms with Gasteiger partial charge in [-0.25, -0.2) is 5.26 Å². The van der Waals surface area contributed by atoms with Crippen LogP contribution < -0.4 is 51.4 Å². The van der Waals surface area contributed by atoms with Gasteiger partial charge in [-0.05, 0) is 7.57 Å². The van der Waals surface area contributed by atoms with Crippen LogP contribution in [0, 0.1) is 17.7 Å². The molecule has 0 N–H and O–H groups in total. The summed E-state index contributed by atoms with van der Waals surface area (Å²) in [7, 11) is 0. The molecule has 0 radical (unpaired) electrons. The van der Waals surface area contributed by atoms with Crippen molar-refractivity contribution in [3.63, 3.8) is 0 Å². The van der Waals surface area contributed by atoms with Crippen LogP contribution in [0.5, 0.6) is 0 Å². The van der Waals surface area contributed by atoms with Gasteiger partial charge in [0.25, 0.3) is 0 Å². The van der Waals surface area contributed by atoms with E-state index in [1.807, 2.05) is 0 Å². The number of aromatic nitrogens is 1. The number of pyridine rings is 1. The molecule has 0 fully saturated rings. The summed E-state index contributed by atoms with van der Waals surface area (Å²) in [5.41, 5.74) is 0.560. The van der Waals surface area contributed by atoms with Gasteiger partial charge < -0.3 is 4.98 Å². The van der Waals surface area contributed by atoms with E-state index in [-0.39, 0.29) is 57.8 Å². The molecular weight excluding hydrogens is 151 g/mol. The first-order valence-electron chi connectivity index (χ1n) is 2.98. The van der Waals surface area contributed by atoms with E-state index in [2.05, 4.69) is 4.98 Å². The van der Waals surface area contributed by atoms with Gasteiger partial charge in [-0.1, -0.05) is 12.6 Å². The first-order valence-corrected chi connectivity index (χ1v) is 2.48. The van der Waals surface area contributed by atoms with Gasteiger partial charge in [-0.2, -0.15) is 11.6 Å². The molecule has 3 heteroatoms. The number of nitrogens with zero attached hydrogens (tertiary/aromatic N) is 2. The van der Waals surface area contributed by atoms with E-state index in [9.17, 15) is 0 Å². The molecule has 1 aromatic heterocycles. The van der Waals surface area contributed by atoms with Crippen LogP contribution in [0.2, 0.25) is 0 Å². The second-order valence-electron chi connectivity index (χ2n) is 1.48. The molecule has 0 atom stereocenters. The van der Waals surface area contributed by atoms with E-state index >= 15 is 0 Å². The maximum atomic E-state index is 8.29. The van der Waals surface area contributed by atoms with E-state index < -0.39 is 0 Å². The Hall–Kier alpha value is 0.146. The van der Waals surface area contributed by atoms with Gasteiger partial charge in [0.1, 0.15) is 0 Å². The monoisotopic (exact) mass is 157 g/mol. The molecule has 0 aromatic carbocycles. The fourth-order valence-electron chi connectivity index (χ4n) is 0.501. The minimum Gasteiger partial charge on any atom is -0.329 e. The molecule has 2 nitrogen and oxygen atoms in total. The average Bonchev–Trinajstić information content (AvgIpc) is 2.05. The molecule has 44 valence electrons. The van der Waals surface area contributed by atoms with Crippen molar-refractivity contribution in [1.82, 2.24) is 4.98 Å². The van der Waals surface area contributed by atoms with Crippen molar-refractivity contribution >= 4 is 0 Å². The minimum atomic E-state index is -0.0481. The van der Waals surface area contributed by atoms with E-state index in [0.29, 0.717) is 5.56 Å². The Morgan fingerprint density at radius 1 is 1.80 bits per heavy atom. The Morgan fingerprint density at radius 2 is 2.60 bits per heavy atom. The van der Waals surface area contributed by atoms with Gasteiger partial charge in [-0.3, -0.25) is 0 Å². The Labute approximate surface area is 104 Å². The Morgan fingerprint density at radius 3 is 3.10 bits per heavy atom. The fraction of sp³-hybridized carbons (Fsp3) is 0. The normalized spacial score (nSPS) is 8.50. The zero-order valence-corrected chi connectivity index (χ0v) is 8.83. The molecule has 0 spiro atoms. The third kappa shape index (κ3) is 3.35. The van der Waals surface area contributed by atoms with Crippen molar-refractivity contribution in [3.8, 4) is 6.07 Å². The van der Waals surface area contributed by atoms with Crippen molar-refractivity contribution in [3.05, 3.63) is 36.5 Å². The molecule has 1 heterocycles. The van der Waals surface area contributed by atoms with Crippen LogP contribution >= 0.6 is 0 Å². The molecule has 1 rings (SSSR count). The molecule has 0 bridgehead atoms. The summed E-state index contributed by atoms with van der Waals surface area (Å²) in [4.78, 5) is 3.76. The van der Waals surface area contributed by atoms with Gasteiger partial charge in [0.2, 0.25) is 0 Å². The summed E-state index contributed by atoms with van der Waals surface area (Å²) in [5, 5.41) is 8.29. The van der Waals surface area contributed by atoms with Crippen LogP contribution in [0.1, 0.15) is 6.93 Å². The number of hydrogen-bond acceptors (Lipinski definition) is 2. The number of nitriles is 1. The smallest absolute Gasteiger partial charge is 0.329 e. The van der Waals surface area contributed by atoms with E-state index in [1.165, 1.54) is 6.20 Å². The molecular formula is C7H5KN2. The molecule has 0 saturated carbocycles. The summed E-state index contributed by atoms with van der Waals surface area (Å²) < 4.78 is 7.08. The molecule has 0 amide bonds. The van der Waals surface area contributed by atoms with E-state index in [4.69, 9.17) is 6.63 Å². The summed E-state index contributed by atoms with van der Waals surface area (Å²) in [6.45, 7) is 0. The zero-order chi connectivity index (χ0) is 7.40. The van der Waals surface area contributed by atoms with Crippen LogP contribution in [-0.4, -0.2) is 4.98 Å². The molecule has 1 aromatic rings. The van der Waals surface area contributed by atoms with Gasteiger partial charge in [0.05, 0.1) is 0 Å². The molecule has 10 heavy (non-hydrogen) atoms. The quantitative estimate of drug-likeness (QED) is 0.355. The van der Waals surface area contributed by atoms with Crippen LogP contribution in [-0.2, 0) is 0 Å². The Kier molecular flexibility index (Phi) is 4.86. The van der Waals surface area contributed by atoms with Gasteiger partial charge in [-0.15, -0.1) is 6.07 Å². The first-order chi connectivity index (χ1) is 4.84. The van der Waals surface area contributed by atoms with Crippen LogP contribution in [0.4, 0.5) is 0 Å². The van der Waals surface area contributed by atoms with Crippen LogP contribution in [0.25, 0.3) is 0 Å². The van der Waals surface area contributed by atoms with Crippen molar-refractivity contribution in [1.29, 1.82) is 5.26 Å². The largest absolute Gasteiger partial charge is 1.00 e. The Balaban J connectivity index is 0.000001000. The maximum Gasteiger partial charge on any atom is 1.00 e. The second-order valence-corrected chi connectivity index (χ2v) is 1.48. The van der Waals surface area contributed by atoms with Crippen molar-refractivity contribution in [2.45, 2.75) is 0 Å². The van der Waals surface area contributed by atoms with E-state index in [0.717, 1.165) is 0 Å². The van der Waals surface area contributed by atoms with Gasteiger partial charge in [0.15, 0.2) is 0 Å². The predicted octanol–water partition coefficient (Wildman–Crippen LogP) is -1.84. The Bertz CT molecular complexity index is 244. The molecule has 0 aliphatic heterocycles. The van der Waals surface area contributed by atoms with Gasteiger partial charge in [0, 0.05) is 6.07 Å². The van der Waals surface area contributed by atoms with Crippen LogP contribution in [0.3, 0.4) is 0 Å².